The molecule has 2 aromatic carbocycles. The summed E-state index contributed by atoms with van der Waals surface area (Å²) in [6, 6.07) is 16.6. The number of aromatic nitrogens is 1. The minimum absolute atomic E-state index is 0.00186. The lowest BCUT2D eigenvalue weighted by molar-refractivity contribution is -0.115. The zero-order valence-corrected chi connectivity index (χ0v) is 19.7. The highest BCUT2D eigenvalue weighted by atomic mass is 32.2. The molecule has 3 rings (SSSR count). The smallest absolute Gasteiger partial charge is 0.258 e. The van der Waals surface area contributed by atoms with E-state index in [1.165, 1.54) is 24.0 Å². The molecule has 0 atom stereocenters. The first-order valence-corrected chi connectivity index (χ1v) is 12.4. The number of anilines is 3. The zero-order chi connectivity index (χ0) is 24.0. The molecule has 7 nitrogen and oxygen atoms in total. The zero-order valence-electron chi connectivity index (χ0n) is 18.9. The van der Waals surface area contributed by atoms with Gasteiger partial charge in [0.15, 0.2) is 9.84 Å². The Morgan fingerprint density at radius 2 is 1.61 bits per heavy atom. The molecule has 2 amide bonds. The van der Waals surface area contributed by atoms with Crippen LogP contribution in [-0.4, -0.2) is 37.5 Å². The Balaban J connectivity index is 1.97. The van der Waals surface area contributed by atoms with Crippen LogP contribution in [0.15, 0.2) is 78.0 Å². The van der Waals surface area contributed by atoms with Crippen molar-refractivity contribution in [2.24, 2.45) is 0 Å². The van der Waals surface area contributed by atoms with E-state index in [1.807, 2.05) is 13.0 Å². The van der Waals surface area contributed by atoms with Crippen LogP contribution in [0.3, 0.4) is 0 Å². The molecule has 0 unspecified atom stereocenters. The number of rotatable bonds is 8. The lowest BCUT2D eigenvalue weighted by atomic mass is 10.1. The van der Waals surface area contributed by atoms with E-state index in [2.05, 4.69) is 4.98 Å². The standard InChI is InChI=1S/C25H27N3O4S/c1-4-16-27(23-10-7-15-26-18-23)25(30)20-8-6-9-22(17-20)28(19(3)29)21-11-13-24(14-12-21)33(31,32)5-2/h6-15,17-18H,4-5,16H2,1-3H3. The largest absolute Gasteiger partial charge is 0.307 e. The Labute approximate surface area is 194 Å². The van der Waals surface area contributed by atoms with Gasteiger partial charge >= 0.3 is 0 Å². The molecule has 0 fully saturated rings. The van der Waals surface area contributed by atoms with Crippen molar-refractivity contribution >= 4 is 38.7 Å². The first-order valence-electron chi connectivity index (χ1n) is 10.7. The van der Waals surface area contributed by atoms with Gasteiger partial charge in [-0.25, -0.2) is 8.42 Å². The Hall–Kier alpha value is -3.52. The molecule has 0 bridgehead atoms. The fourth-order valence-electron chi connectivity index (χ4n) is 3.50. The van der Waals surface area contributed by atoms with Gasteiger partial charge in [0.05, 0.1) is 22.5 Å². The molecule has 0 aliphatic rings. The van der Waals surface area contributed by atoms with Crippen molar-refractivity contribution in [2.45, 2.75) is 32.1 Å². The maximum absolute atomic E-state index is 13.3. The predicted molar refractivity (Wildman–Crippen MR) is 130 cm³/mol. The molecule has 3 aromatic rings. The number of hydrogen-bond donors (Lipinski definition) is 0. The van der Waals surface area contributed by atoms with Crippen LogP contribution < -0.4 is 9.80 Å². The molecule has 0 saturated heterocycles. The summed E-state index contributed by atoms with van der Waals surface area (Å²) in [5, 5.41) is 0. The van der Waals surface area contributed by atoms with Gasteiger partial charge in [0, 0.05) is 36.6 Å². The average molecular weight is 466 g/mol. The molecule has 0 radical (unpaired) electrons. The van der Waals surface area contributed by atoms with Crippen molar-refractivity contribution in [2.75, 3.05) is 22.1 Å². The van der Waals surface area contributed by atoms with Crippen LogP contribution in [0.2, 0.25) is 0 Å². The van der Waals surface area contributed by atoms with Crippen LogP contribution in [0, 0.1) is 0 Å². The number of sulfone groups is 1. The van der Waals surface area contributed by atoms with E-state index in [0.717, 1.165) is 6.42 Å². The van der Waals surface area contributed by atoms with E-state index < -0.39 is 9.84 Å². The number of pyridine rings is 1. The minimum atomic E-state index is -3.34. The fourth-order valence-corrected chi connectivity index (χ4v) is 4.38. The predicted octanol–water partition coefficient (Wildman–Crippen LogP) is 4.62. The Bertz CT molecular complexity index is 1230. The highest BCUT2D eigenvalue weighted by molar-refractivity contribution is 7.91. The summed E-state index contributed by atoms with van der Waals surface area (Å²) in [5.74, 6) is -0.457. The molecule has 33 heavy (non-hydrogen) atoms. The monoisotopic (exact) mass is 465 g/mol. The van der Waals surface area contributed by atoms with Gasteiger partial charge in [-0.15, -0.1) is 0 Å². The number of carbonyl (C=O) groups excluding carboxylic acids is 2. The van der Waals surface area contributed by atoms with Crippen molar-refractivity contribution in [1.29, 1.82) is 0 Å². The number of hydrogen-bond acceptors (Lipinski definition) is 5. The van der Waals surface area contributed by atoms with E-state index in [9.17, 15) is 18.0 Å². The van der Waals surface area contributed by atoms with Crippen LogP contribution in [-0.2, 0) is 14.6 Å². The molecule has 8 heteroatoms. The fraction of sp³-hybridized carbons (Fsp3) is 0.240. The summed E-state index contributed by atoms with van der Waals surface area (Å²) in [5.41, 5.74) is 2.16. The van der Waals surface area contributed by atoms with E-state index >= 15 is 0 Å². The van der Waals surface area contributed by atoms with E-state index in [-0.39, 0.29) is 22.5 Å². The van der Waals surface area contributed by atoms with E-state index in [1.54, 1.807) is 66.7 Å². The van der Waals surface area contributed by atoms with Gasteiger partial charge in [0.2, 0.25) is 5.91 Å². The summed E-state index contributed by atoms with van der Waals surface area (Å²) < 4.78 is 24.2. The molecule has 0 saturated carbocycles. The number of carbonyl (C=O) groups is 2. The number of benzene rings is 2. The van der Waals surface area contributed by atoms with Gasteiger partial charge in [-0.05, 0) is 61.0 Å². The van der Waals surface area contributed by atoms with Crippen molar-refractivity contribution < 1.29 is 18.0 Å². The van der Waals surface area contributed by atoms with Gasteiger partial charge in [0.25, 0.3) is 5.91 Å². The van der Waals surface area contributed by atoms with Crippen molar-refractivity contribution in [3.63, 3.8) is 0 Å². The maximum Gasteiger partial charge on any atom is 0.258 e. The topological polar surface area (TPSA) is 87.7 Å². The molecule has 0 aliphatic heterocycles. The molecule has 0 aliphatic carbocycles. The molecule has 1 heterocycles. The lowest BCUT2D eigenvalue weighted by Crippen LogP contribution is -2.32. The second kappa shape index (κ2) is 10.4. The first-order chi connectivity index (χ1) is 15.8. The molecule has 0 spiro atoms. The van der Waals surface area contributed by atoms with Crippen molar-refractivity contribution in [3.8, 4) is 0 Å². The van der Waals surface area contributed by atoms with Gasteiger partial charge in [-0.2, -0.15) is 0 Å². The van der Waals surface area contributed by atoms with Crippen LogP contribution in [0.1, 0.15) is 37.6 Å². The van der Waals surface area contributed by atoms with E-state index in [4.69, 9.17) is 0 Å². The third-order valence-corrected chi connectivity index (χ3v) is 6.90. The van der Waals surface area contributed by atoms with Crippen LogP contribution in [0.4, 0.5) is 17.1 Å². The van der Waals surface area contributed by atoms with Crippen molar-refractivity contribution in [3.05, 3.63) is 78.6 Å². The lowest BCUT2D eigenvalue weighted by Gasteiger charge is -2.24. The minimum Gasteiger partial charge on any atom is -0.307 e. The Morgan fingerprint density at radius 3 is 2.18 bits per heavy atom. The first kappa shape index (κ1) is 24.1. The molecular formula is C25H27N3O4S. The Morgan fingerprint density at radius 1 is 0.909 bits per heavy atom. The Kier molecular flexibility index (Phi) is 7.60. The third kappa shape index (κ3) is 5.46. The molecule has 1 aromatic heterocycles. The number of amides is 2. The second-order valence-corrected chi connectivity index (χ2v) is 9.75. The van der Waals surface area contributed by atoms with E-state index in [0.29, 0.717) is 29.2 Å². The summed E-state index contributed by atoms with van der Waals surface area (Å²) in [4.78, 5) is 33.3. The number of nitrogens with zero attached hydrogens (tertiary/aromatic N) is 3. The molecule has 0 N–H and O–H groups in total. The van der Waals surface area contributed by atoms with Crippen molar-refractivity contribution in [1.82, 2.24) is 4.98 Å². The van der Waals surface area contributed by atoms with Gasteiger partial charge in [-0.1, -0.05) is 19.9 Å². The van der Waals surface area contributed by atoms with Gasteiger partial charge in [-0.3, -0.25) is 19.5 Å². The normalized spacial score (nSPS) is 11.1. The maximum atomic E-state index is 13.3. The van der Waals surface area contributed by atoms with Crippen LogP contribution in [0.5, 0.6) is 0 Å². The summed E-state index contributed by atoms with van der Waals surface area (Å²) in [6.45, 7) is 5.52. The van der Waals surface area contributed by atoms with Crippen LogP contribution in [0.25, 0.3) is 0 Å². The summed E-state index contributed by atoms with van der Waals surface area (Å²) in [7, 11) is -3.34. The summed E-state index contributed by atoms with van der Waals surface area (Å²) >= 11 is 0. The van der Waals surface area contributed by atoms with Gasteiger partial charge in [0.1, 0.15) is 0 Å². The third-order valence-electron chi connectivity index (χ3n) is 5.15. The SMILES string of the molecule is CCCN(C(=O)c1cccc(N(C(C)=O)c2ccc(S(=O)(=O)CC)cc2)c1)c1cccnc1. The second-order valence-electron chi connectivity index (χ2n) is 7.47. The average Bonchev–Trinajstić information content (AvgIpc) is 2.83. The van der Waals surface area contributed by atoms with Crippen LogP contribution >= 0.6 is 0 Å². The highest BCUT2D eigenvalue weighted by Crippen LogP contribution is 2.28. The van der Waals surface area contributed by atoms with Gasteiger partial charge < -0.3 is 4.90 Å². The highest BCUT2D eigenvalue weighted by Gasteiger charge is 2.21. The molecule has 172 valence electrons. The molecular weight excluding hydrogens is 438 g/mol. The summed E-state index contributed by atoms with van der Waals surface area (Å²) in [6.07, 6.45) is 4.07. The quantitative estimate of drug-likeness (QED) is 0.485.